The van der Waals surface area contributed by atoms with Crippen molar-refractivity contribution in [2.45, 2.75) is 51.5 Å². The minimum Gasteiger partial charge on any atom is -0.481 e. The van der Waals surface area contributed by atoms with Gasteiger partial charge in [-0.2, -0.15) is 0 Å². The average molecular weight is 465 g/mol. The predicted octanol–water partition coefficient (Wildman–Crippen LogP) is 3.66. The fourth-order valence-electron chi connectivity index (χ4n) is 5.06. The minimum atomic E-state index is -0.918. The summed E-state index contributed by atoms with van der Waals surface area (Å²) < 4.78 is 0. The van der Waals surface area contributed by atoms with Crippen LogP contribution in [0.15, 0.2) is 42.5 Å². The molecule has 0 radical (unpaired) electrons. The van der Waals surface area contributed by atoms with Gasteiger partial charge in [0.15, 0.2) is 0 Å². The molecule has 1 saturated heterocycles. The normalized spacial score (nSPS) is 21.2. The molecule has 1 aromatic carbocycles. The molecule has 1 aromatic heterocycles. The quantitative estimate of drug-likeness (QED) is 0.524. The summed E-state index contributed by atoms with van der Waals surface area (Å²) in [6.07, 6.45) is 5.03. The lowest BCUT2D eigenvalue weighted by Crippen LogP contribution is -2.48. The van der Waals surface area contributed by atoms with Crippen LogP contribution >= 0.6 is 0 Å². The third kappa shape index (κ3) is 6.35. The van der Waals surface area contributed by atoms with Crippen molar-refractivity contribution in [3.05, 3.63) is 59.3 Å². The molecule has 0 saturated carbocycles. The summed E-state index contributed by atoms with van der Waals surface area (Å²) in [5.74, 6) is 0.209. The van der Waals surface area contributed by atoms with Gasteiger partial charge in [0.2, 0.25) is 5.91 Å². The lowest BCUT2D eigenvalue weighted by atomic mass is 9.85. The lowest BCUT2D eigenvalue weighted by molar-refractivity contribution is -0.138. The monoisotopic (exact) mass is 464 g/mol. The Hall–Kier alpha value is -2.93. The number of benzene rings is 1. The van der Waals surface area contributed by atoms with Crippen molar-refractivity contribution in [2.75, 3.05) is 31.5 Å². The zero-order chi connectivity index (χ0) is 23.9. The van der Waals surface area contributed by atoms with Gasteiger partial charge in [-0.1, -0.05) is 43.3 Å². The van der Waals surface area contributed by atoms with Gasteiger partial charge in [-0.05, 0) is 68.3 Å². The number of aliphatic carboxylic acids is 1. The molecule has 0 unspecified atom stereocenters. The van der Waals surface area contributed by atoms with Crippen molar-refractivity contribution in [1.82, 2.24) is 15.2 Å². The molecule has 7 nitrogen and oxygen atoms in total. The Morgan fingerprint density at radius 3 is 2.85 bits per heavy atom. The van der Waals surface area contributed by atoms with Gasteiger partial charge in [0.1, 0.15) is 5.82 Å². The van der Waals surface area contributed by atoms with Crippen LogP contribution in [0.5, 0.6) is 0 Å². The number of aryl methyl sites for hydroxylation is 2. The van der Waals surface area contributed by atoms with Gasteiger partial charge in [-0.25, -0.2) is 4.98 Å². The van der Waals surface area contributed by atoms with Gasteiger partial charge in [0.05, 0.1) is 18.4 Å². The van der Waals surface area contributed by atoms with E-state index >= 15 is 0 Å². The van der Waals surface area contributed by atoms with Crippen LogP contribution in [0.2, 0.25) is 0 Å². The Balaban J connectivity index is 1.31. The third-order valence-electron chi connectivity index (χ3n) is 7.14. The molecular weight excluding hydrogens is 428 g/mol. The first kappa shape index (κ1) is 24.2. The summed E-state index contributed by atoms with van der Waals surface area (Å²) in [7, 11) is 0. The van der Waals surface area contributed by atoms with E-state index in [-0.39, 0.29) is 24.2 Å². The van der Waals surface area contributed by atoms with Gasteiger partial charge < -0.3 is 20.6 Å². The van der Waals surface area contributed by atoms with Crippen LogP contribution in [0.4, 0.5) is 5.82 Å². The van der Waals surface area contributed by atoms with Crippen molar-refractivity contribution >= 4 is 17.7 Å². The topological polar surface area (TPSA) is 94.6 Å². The standard InChI is InChI=1S/C27H36N4O3/c1-19-13-16-31(15-6-10-22-12-11-21-9-5-14-28-26(21)29-22)18-23(19)27(34)30-24(17-25(32)33)20-7-3-2-4-8-20/h2-4,7-8,11-12,19,23-24H,5-6,9-10,13-18H2,1H3,(H,28,29)(H,30,34)(H,32,33)/t19-,23+,24-/m0/s1. The highest BCUT2D eigenvalue weighted by Crippen LogP contribution is 2.26. The molecule has 2 aromatic rings. The summed E-state index contributed by atoms with van der Waals surface area (Å²) in [6, 6.07) is 13.2. The largest absolute Gasteiger partial charge is 0.481 e. The summed E-state index contributed by atoms with van der Waals surface area (Å²) in [5, 5.41) is 15.8. The van der Waals surface area contributed by atoms with Crippen LogP contribution in [0.3, 0.4) is 0 Å². The van der Waals surface area contributed by atoms with Gasteiger partial charge in [0.25, 0.3) is 0 Å². The van der Waals surface area contributed by atoms with Gasteiger partial charge in [-0.15, -0.1) is 0 Å². The lowest BCUT2D eigenvalue weighted by Gasteiger charge is -2.37. The van der Waals surface area contributed by atoms with Gasteiger partial charge in [0, 0.05) is 18.8 Å². The molecule has 0 aliphatic carbocycles. The molecule has 0 spiro atoms. The summed E-state index contributed by atoms with van der Waals surface area (Å²) in [5.41, 5.74) is 3.25. The van der Waals surface area contributed by atoms with E-state index in [1.807, 2.05) is 30.3 Å². The number of piperidine rings is 1. The maximum Gasteiger partial charge on any atom is 0.305 e. The highest BCUT2D eigenvalue weighted by Gasteiger charge is 2.33. The van der Waals surface area contributed by atoms with E-state index < -0.39 is 12.0 Å². The number of carbonyl (C=O) groups excluding carboxylic acids is 1. The summed E-state index contributed by atoms with van der Waals surface area (Å²) in [6.45, 7) is 5.75. The Labute approximate surface area is 202 Å². The number of nitrogens with one attached hydrogen (secondary N) is 2. The molecule has 3 N–H and O–H groups in total. The van der Waals surface area contributed by atoms with E-state index in [4.69, 9.17) is 4.98 Å². The van der Waals surface area contributed by atoms with Crippen molar-refractivity contribution in [3.8, 4) is 0 Å². The first-order chi connectivity index (χ1) is 16.5. The first-order valence-electron chi connectivity index (χ1n) is 12.5. The fraction of sp³-hybridized carbons (Fsp3) is 0.519. The molecule has 4 rings (SSSR count). The number of hydrogen-bond acceptors (Lipinski definition) is 5. The second-order valence-corrected chi connectivity index (χ2v) is 9.69. The Morgan fingerprint density at radius 2 is 2.06 bits per heavy atom. The summed E-state index contributed by atoms with van der Waals surface area (Å²) in [4.78, 5) is 31.8. The molecule has 2 aliphatic heterocycles. The van der Waals surface area contributed by atoms with E-state index in [0.29, 0.717) is 6.54 Å². The molecule has 0 bridgehead atoms. The number of amides is 1. The van der Waals surface area contributed by atoms with Crippen molar-refractivity contribution in [2.24, 2.45) is 11.8 Å². The number of aromatic nitrogens is 1. The van der Waals surface area contributed by atoms with Crippen LogP contribution in [0.25, 0.3) is 0 Å². The number of hydrogen-bond donors (Lipinski definition) is 3. The second-order valence-electron chi connectivity index (χ2n) is 9.69. The smallest absolute Gasteiger partial charge is 0.305 e. The maximum absolute atomic E-state index is 13.2. The van der Waals surface area contributed by atoms with Crippen LogP contribution < -0.4 is 10.6 Å². The number of carboxylic acid groups (broad SMARTS) is 1. The molecule has 1 amide bonds. The first-order valence-corrected chi connectivity index (χ1v) is 12.5. The fourth-order valence-corrected chi connectivity index (χ4v) is 5.06. The molecule has 2 aliphatic rings. The number of carboxylic acids is 1. The predicted molar refractivity (Wildman–Crippen MR) is 133 cm³/mol. The number of anilines is 1. The second kappa shape index (κ2) is 11.5. The van der Waals surface area contributed by atoms with Crippen molar-refractivity contribution < 1.29 is 14.7 Å². The Morgan fingerprint density at radius 1 is 1.24 bits per heavy atom. The van der Waals surface area contributed by atoms with E-state index in [1.54, 1.807) is 0 Å². The number of likely N-dealkylation sites (tertiary alicyclic amines) is 1. The number of fused-ring (bicyclic) bond motifs is 1. The third-order valence-corrected chi connectivity index (χ3v) is 7.14. The SMILES string of the molecule is C[C@H]1CCN(CCCc2ccc3c(n2)NCCC3)C[C@H]1C(=O)N[C@@H](CC(=O)O)c1ccccc1. The van der Waals surface area contributed by atoms with Crippen molar-refractivity contribution in [3.63, 3.8) is 0 Å². The molecule has 3 heterocycles. The minimum absolute atomic E-state index is 0.0465. The average Bonchev–Trinajstić information content (AvgIpc) is 2.85. The summed E-state index contributed by atoms with van der Waals surface area (Å²) >= 11 is 0. The number of carbonyl (C=O) groups is 2. The van der Waals surface area contributed by atoms with E-state index in [2.05, 4.69) is 34.6 Å². The Bertz CT molecular complexity index is 981. The van der Waals surface area contributed by atoms with Crippen molar-refractivity contribution in [1.29, 1.82) is 0 Å². The van der Waals surface area contributed by atoms with Crippen LogP contribution in [0, 0.1) is 11.8 Å². The van der Waals surface area contributed by atoms with Gasteiger partial charge >= 0.3 is 5.97 Å². The number of pyridine rings is 1. The number of nitrogens with zero attached hydrogens (tertiary/aromatic N) is 2. The highest BCUT2D eigenvalue weighted by molar-refractivity contribution is 5.80. The van der Waals surface area contributed by atoms with E-state index in [9.17, 15) is 14.7 Å². The van der Waals surface area contributed by atoms with E-state index in [1.165, 1.54) is 12.0 Å². The zero-order valence-corrected chi connectivity index (χ0v) is 20.0. The zero-order valence-electron chi connectivity index (χ0n) is 20.0. The molecule has 7 heteroatoms. The Kier molecular flexibility index (Phi) is 8.16. The molecule has 3 atom stereocenters. The highest BCUT2D eigenvalue weighted by atomic mass is 16.4. The van der Waals surface area contributed by atoms with Gasteiger partial charge in [-0.3, -0.25) is 9.59 Å². The molecule has 34 heavy (non-hydrogen) atoms. The molecule has 1 fully saturated rings. The van der Waals surface area contributed by atoms with E-state index in [0.717, 1.165) is 62.4 Å². The van der Waals surface area contributed by atoms with Crippen LogP contribution in [0.1, 0.15) is 55.5 Å². The molecule has 182 valence electrons. The maximum atomic E-state index is 13.2. The van der Waals surface area contributed by atoms with Crippen LogP contribution in [-0.2, 0) is 22.4 Å². The number of rotatable bonds is 9. The van der Waals surface area contributed by atoms with Crippen LogP contribution in [-0.4, -0.2) is 53.0 Å². The molecular formula is C27H36N4O3.